The van der Waals surface area contributed by atoms with Gasteiger partial charge in [0.25, 0.3) is 0 Å². The lowest BCUT2D eigenvalue weighted by Crippen LogP contribution is -2.37. The maximum atomic E-state index is 13.9. The highest BCUT2D eigenvalue weighted by atomic mass is 16.2. The van der Waals surface area contributed by atoms with Crippen molar-refractivity contribution >= 4 is 11.6 Å². The molecule has 1 aromatic rings. The molecule has 0 aromatic heterocycles. The first kappa shape index (κ1) is 27.2. The lowest BCUT2D eigenvalue weighted by atomic mass is 9.67. The second-order valence-corrected chi connectivity index (χ2v) is 11.4. The Kier molecular flexibility index (Phi) is 11.9. The Balaban J connectivity index is 1.58. The highest BCUT2D eigenvalue weighted by Crippen LogP contribution is 2.43. The average molecular weight is 467 g/mol. The molecule has 0 heterocycles. The molecule has 0 radical (unpaired) electrons. The van der Waals surface area contributed by atoms with Crippen molar-refractivity contribution in [2.75, 3.05) is 0 Å². The molecule has 0 spiro atoms. The summed E-state index contributed by atoms with van der Waals surface area (Å²) in [5.74, 6) is 1.78. The second-order valence-electron chi connectivity index (χ2n) is 11.4. The van der Waals surface area contributed by atoms with Gasteiger partial charge in [-0.15, -0.1) is 0 Å². The molecule has 0 aliphatic heterocycles. The van der Waals surface area contributed by atoms with Gasteiger partial charge in [-0.2, -0.15) is 0 Å². The Morgan fingerprint density at radius 2 is 1.35 bits per heavy atom. The van der Waals surface area contributed by atoms with Crippen LogP contribution in [0.3, 0.4) is 0 Å². The molecule has 3 atom stereocenters. The van der Waals surface area contributed by atoms with Gasteiger partial charge in [0, 0.05) is 12.3 Å². The van der Waals surface area contributed by atoms with Crippen molar-refractivity contribution in [3.63, 3.8) is 0 Å². The molecule has 2 saturated carbocycles. The van der Waals surface area contributed by atoms with Gasteiger partial charge in [0.15, 0.2) is 5.78 Å². The van der Waals surface area contributed by atoms with Gasteiger partial charge < -0.3 is 0 Å². The van der Waals surface area contributed by atoms with Crippen molar-refractivity contribution in [2.24, 2.45) is 23.7 Å². The number of benzene rings is 1. The largest absolute Gasteiger partial charge is 0.299 e. The Morgan fingerprint density at radius 1 is 0.765 bits per heavy atom. The van der Waals surface area contributed by atoms with Crippen LogP contribution in [0.5, 0.6) is 0 Å². The Morgan fingerprint density at radius 3 is 2.03 bits per heavy atom. The van der Waals surface area contributed by atoms with Crippen LogP contribution in [0.25, 0.3) is 0 Å². The number of carbonyl (C=O) groups is 2. The molecule has 1 aromatic carbocycles. The van der Waals surface area contributed by atoms with Crippen molar-refractivity contribution in [1.82, 2.24) is 0 Å². The summed E-state index contributed by atoms with van der Waals surface area (Å²) in [4.78, 5) is 27.0. The highest BCUT2D eigenvalue weighted by molar-refractivity contribution is 6.05. The number of ketones is 2. The molecule has 0 N–H and O–H groups in total. The summed E-state index contributed by atoms with van der Waals surface area (Å²) in [6.45, 7) is 4.50. The van der Waals surface area contributed by atoms with Gasteiger partial charge in [-0.3, -0.25) is 9.59 Å². The van der Waals surface area contributed by atoms with E-state index in [2.05, 4.69) is 38.1 Å². The number of hydrogen-bond acceptors (Lipinski definition) is 2. The average Bonchev–Trinajstić information content (AvgIpc) is 2.86. The topological polar surface area (TPSA) is 34.1 Å². The van der Waals surface area contributed by atoms with E-state index in [1.807, 2.05) is 6.07 Å². The monoisotopic (exact) mass is 466 g/mol. The lowest BCUT2D eigenvalue weighted by Gasteiger charge is -2.36. The molecule has 34 heavy (non-hydrogen) atoms. The zero-order valence-electron chi connectivity index (χ0n) is 22.1. The molecule has 3 rings (SSSR count). The Bertz CT molecular complexity index is 716. The normalized spacial score (nSPS) is 26.4. The van der Waals surface area contributed by atoms with Crippen molar-refractivity contribution in [1.29, 1.82) is 0 Å². The first-order valence-corrected chi connectivity index (χ1v) is 14.7. The molecule has 0 bridgehead atoms. The number of Topliss-reactive ketones (excluding diaryl/α,β-unsaturated/α-hetero) is 2. The Hall–Kier alpha value is -1.44. The number of unbranched alkanes of at least 4 members (excludes halogenated alkanes) is 6. The highest BCUT2D eigenvalue weighted by Gasteiger charge is 2.40. The van der Waals surface area contributed by atoms with Crippen LogP contribution < -0.4 is 0 Å². The third-order valence-electron chi connectivity index (χ3n) is 8.85. The zero-order chi connectivity index (χ0) is 24.2. The van der Waals surface area contributed by atoms with E-state index in [4.69, 9.17) is 0 Å². The molecule has 2 nitrogen and oxygen atoms in total. The number of carbonyl (C=O) groups excluding carboxylic acids is 2. The standard InChI is InChI=1S/C32H50O2/c1-3-5-7-8-11-14-25-18-21-28(22-19-25)31(27-16-12-9-13-17-27)32(34)29-23-20-26(24-30(29)33)15-10-6-4-2/h9,12-13,16-17,25-26,28-29,31H,3-8,10-11,14-15,18-24H2,1-2H3. The van der Waals surface area contributed by atoms with Crippen molar-refractivity contribution < 1.29 is 9.59 Å². The van der Waals surface area contributed by atoms with E-state index < -0.39 is 0 Å². The van der Waals surface area contributed by atoms with Crippen LogP contribution in [0, 0.1) is 23.7 Å². The van der Waals surface area contributed by atoms with Gasteiger partial charge in [-0.05, 0) is 49.0 Å². The SMILES string of the molecule is CCCCCCCC1CCC(C(C(=O)C2CCC(CCCCC)CC2=O)c2ccccc2)CC1. The molecule has 2 aliphatic carbocycles. The van der Waals surface area contributed by atoms with E-state index in [-0.39, 0.29) is 23.4 Å². The molecule has 2 aliphatic rings. The van der Waals surface area contributed by atoms with Crippen molar-refractivity contribution in [3.05, 3.63) is 35.9 Å². The molecule has 190 valence electrons. The van der Waals surface area contributed by atoms with Gasteiger partial charge in [0.1, 0.15) is 5.78 Å². The Labute approximate surface area is 209 Å². The zero-order valence-corrected chi connectivity index (χ0v) is 22.1. The number of hydrogen-bond donors (Lipinski definition) is 0. The summed E-state index contributed by atoms with van der Waals surface area (Å²) in [5, 5.41) is 0. The summed E-state index contributed by atoms with van der Waals surface area (Å²) < 4.78 is 0. The smallest absolute Gasteiger partial charge is 0.151 e. The van der Waals surface area contributed by atoms with Gasteiger partial charge in [0.05, 0.1) is 5.92 Å². The third-order valence-corrected chi connectivity index (χ3v) is 8.85. The fourth-order valence-electron chi connectivity index (χ4n) is 6.72. The summed E-state index contributed by atoms with van der Waals surface area (Å²) in [7, 11) is 0. The van der Waals surface area contributed by atoms with Crippen LogP contribution in [0.2, 0.25) is 0 Å². The predicted octanol–water partition coefficient (Wildman–Crippen LogP) is 9.07. The minimum absolute atomic E-state index is 0.0858. The van der Waals surface area contributed by atoms with E-state index in [1.54, 1.807) is 0 Å². The van der Waals surface area contributed by atoms with Crippen LogP contribution in [0.4, 0.5) is 0 Å². The molecule has 2 heteroatoms. The quantitative estimate of drug-likeness (QED) is 0.202. The first-order chi connectivity index (χ1) is 16.6. The molecule has 0 amide bonds. The fraction of sp³-hybridized carbons (Fsp3) is 0.750. The van der Waals surface area contributed by atoms with Gasteiger partial charge >= 0.3 is 0 Å². The van der Waals surface area contributed by atoms with Gasteiger partial charge in [-0.25, -0.2) is 0 Å². The summed E-state index contributed by atoms with van der Waals surface area (Å²) >= 11 is 0. The third kappa shape index (κ3) is 8.06. The van der Waals surface area contributed by atoms with E-state index >= 15 is 0 Å². The van der Waals surface area contributed by atoms with Crippen LogP contribution in [0.15, 0.2) is 30.3 Å². The van der Waals surface area contributed by atoms with Crippen LogP contribution in [-0.4, -0.2) is 11.6 Å². The maximum absolute atomic E-state index is 13.9. The van der Waals surface area contributed by atoms with Crippen LogP contribution >= 0.6 is 0 Å². The predicted molar refractivity (Wildman–Crippen MR) is 143 cm³/mol. The molecular formula is C32H50O2. The van der Waals surface area contributed by atoms with E-state index in [1.165, 1.54) is 70.6 Å². The maximum Gasteiger partial charge on any atom is 0.151 e. The first-order valence-electron chi connectivity index (χ1n) is 14.7. The summed E-state index contributed by atoms with van der Waals surface area (Å²) in [6, 6.07) is 10.4. The van der Waals surface area contributed by atoms with Crippen molar-refractivity contribution in [2.45, 2.75) is 129 Å². The molecule has 0 saturated heterocycles. The van der Waals surface area contributed by atoms with E-state index in [9.17, 15) is 9.59 Å². The van der Waals surface area contributed by atoms with Crippen LogP contribution in [-0.2, 0) is 9.59 Å². The second kappa shape index (κ2) is 14.8. The summed E-state index contributed by atoms with van der Waals surface area (Å²) in [5.41, 5.74) is 1.15. The molecule has 3 unspecified atom stereocenters. The van der Waals surface area contributed by atoms with E-state index in [0.717, 1.165) is 43.6 Å². The lowest BCUT2D eigenvalue weighted by molar-refractivity contribution is -0.137. The number of rotatable bonds is 14. The van der Waals surface area contributed by atoms with E-state index in [0.29, 0.717) is 18.3 Å². The summed E-state index contributed by atoms with van der Waals surface area (Å²) in [6.07, 6.45) is 20.3. The van der Waals surface area contributed by atoms with Gasteiger partial charge in [-0.1, -0.05) is 121 Å². The minimum Gasteiger partial charge on any atom is -0.299 e. The molecular weight excluding hydrogens is 416 g/mol. The fourth-order valence-corrected chi connectivity index (χ4v) is 6.72. The molecule has 2 fully saturated rings. The van der Waals surface area contributed by atoms with Crippen LogP contribution in [0.1, 0.15) is 134 Å². The van der Waals surface area contributed by atoms with Gasteiger partial charge in [0.2, 0.25) is 0 Å². The van der Waals surface area contributed by atoms with Crippen molar-refractivity contribution in [3.8, 4) is 0 Å². The minimum atomic E-state index is -0.357.